The van der Waals surface area contributed by atoms with Gasteiger partial charge in [-0.2, -0.15) is 0 Å². The van der Waals surface area contributed by atoms with Gasteiger partial charge in [-0.3, -0.25) is 13.9 Å². The number of halogens is 1. The third-order valence-corrected chi connectivity index (χ3v) is 6.46. The number of carbonyl (C=O) groups excluding carboxylic acids is 2. The number of benzene rings is 2. The van der Waals surface area contributed by atoms with Crippen LogP contribution in [0.5, 0.6) is 0 Å². The summed E-state index contributed by atoms with van der Waals surface area (Å²) in [6.45, 7) is 10.6. The number of anilines is 1. The van der Waals surface area contributed by atoms with E-state index in [1.807, 2.05) is 40.7 Å². The van der Waals surface area contributed by atoms with Gasteiger partial charge in [0.1, 0.15) is 18.4 Å². The minimum absolute atomic E-state index is 0.0274. The summed E-state index contributed by atoms with van der Waals surface area (Å²) in [7, 11) is -3.80. The smallest absolute Gasteiger partial charge is 0.244 e. The van der Waals surface area contributed by atoms with Crippen molar-refractivity contribution in [1.29, 1.82) is 0 Å². The highest BCUT2D eigenvalue weighted by Crippen LogP contribution is 2.23. The van der Waals surface area contributed by atoms with Gasteiger partial charge in [0.15, 0.2) is 0 Å². The summed E-state index contributed by atoms with van der Waals surface area (Å²) in [5.74, 6) is -1.29. The number of aryl methyl sites for hydroxylation is 2. The number of rotatable bonds is 9. The van der Waals surface area contributed by atoms with E-state index in [1.54, 1.807) is 31.2 Å². The molecule has 35 heavy (non-hydrogen) atoms. The minimum atomic E-state index is -3.80. The van der Waals surface area contributed by atoms with Gasteiger partial charge in [0.2, 0.25) is 21.8 Å². The second kappa shape index (κ2) is 11.2. The van der Waals surface area contributed by atoms with Crippen molar-refractivity contribution in [2.75, 3.05) is 17.1 Å². The lowest BCUT2D eigenvalue weighted by Gasteiger charge is -2.34. The molecule has 7 nitrogen and oxygen atoms in total. The third-order valence-electron chi connectivity index (χ3n) is 5.32. The Labute approximate surface area is 208 Å². The van der Waals surface area contributed by atoms with Crippen molar-refractivity contribution in [3.05, 3.63) is 65.0 Å². The van der Waals surface area contributed by atoms with Crippen molar-refractivity contribution in [3.8, 4) is 0 Å². The van der Waals surface area contributed by atoms with Crippen LogP contribution in [-0.2, 0) is 26.2 Å². The number of nitrogens with zero attached hydrogens (tertiary/aromatic N) is 2. The number of sulfonamides is 1. The Balaban J connectivity index is 2.48. The molecule has 9 heteroatoms. The van der Waals surface area contributed by atoms with Crippen LogP contribution in [0.25, 0.3) is 0 Å². The van der Waals surface area contributed by atoms with Gasteiger partial charge >= 0.3 is 0 Å². The molecule has 0 bridgehead atoms. The standard InChI is InChI=1S/C26H36FN3O4S/c1-8-23(25(32)28-26(4,5)6)29(16-20-9-11-21(27)12-10-20)24(31)17-30(35(7,33)34)22-14-18(2)13-19(3)15-22/h9-15,23H,8,16-17H2,1-7H3,(H,28,32)/t23-/m0/s1. The molecule has 0 radical (unpaired) electrons. The van der Waals surface area contributed by atoms with Crippen LogP contribution in [0.15, 0.2) is 42.5 Å². The zero-order valence-corrected chi connectivity index (χ0v) is 22.4. The normalized spacial score (nSPS) is 12.7. The molecule has 2 rings (SSSR count). The second-order valence-electron chi connectivity index (χ2n) is 9.93. The lowest BCUT2D eigenvalue weighted by molar-refractivity contribution is -0.141. The van der Waals surface area contributed by atoms with Crippen molar-refractivity contribution in [1.82, 2.24) is 10.2 Å². The Morgan fingerprint density at radius 1 is 1.03 bits per heavy atom. The predicted octanol–water partition coefficient (Wildman–Crippen LogP) is 3.93. The molecule has 2 aromatic rings. The first-order valence-electron chi connectivity index (χ1n) is 11.5. The van der Waals surface area contributed by atoms with E-state index in [-0.39, 0.29) is 12.5 Å². The van der Waals surface area contributed by atoms with Crippen molar-refractivity contribution >= 4 is 27.5 Å². The number of carbonyl (C=O) groups is 2. The van der Waals surface area contributed by atoms with Crippen LogP contribution in [0.2, 0.25) is 0 Å². The molecule has 1 atom stereocenters. The van der Waals surface area contributed by atoms with Crippen LogP contribution in [0.4, 0.5) is 10.1 Å². The average Bonchev–Trinajstić information content (AvgIpc) is 2.70. The Morgan fingerprint density at radius 2 is 1.57 bits per heavy atom. The highest BCUT2D eigenvalue weighted by atomic mass is 32.2. The van der Waals surface area contributed by atoms with Crippen molar-refractivity contribution < 1.29 is 22.4 Å². The van der Waals surface area contributed by atoms with Crippen LogP contribution in [0, 0.1) is 19.7 Å². The van der Waals surface area contributed by atoms with Crippen LogP contribution >= 0.6 is 0 Å². The topological polar surface area (TPSA) is 86.8 Å². The summed E-state index contributed by atoms with van der Waals surface area (Å²) in [6.07, 6.45) is 1.36. The van der Waals surface area contributed by atoms with Gasteiger partial charge in [0.05, 0.1) is 11.9 Å². The van der Waals surface area contributed by atoms with Gasteiger partial charge in [-0.15, -0.1) is 0 Å². The molecule has 1 N–H and O–H groups in total. The Bertz CT molecular complexity index is 1140. The Morgan fingerprint density at radius 3 is 2.03 bits per heavy atom. The van der Waals surface area contributed by atoms with Gasteiger partial charge in [0, 0.05) is 12.1 Å². The predicted molar refractivity (Wildman–Crippen MR) is 137 cm³/mol. The summed E-state index contributed by atoms with van der Waals surface area (Å²) < 4.78 is 39.9. The first kappa shape index (κ1) is 28.3. The van der Waals surface area contributed by atoms with Crippen LogP contribution in [0.1, 0.15) is 50.8 Å². The molecule has 0 saturated carbocycles. The van der Waals surface area contributed by atoms with E-state index < -0.39 is 39.9 Å². The maximum Gasteiger partial charge on any atom is 0.244 e. The monoisotopic (exact) mass is 505 g/mol. The summed E-state index contributed by atoms with van der Waals surface area (Å²) >= 11 is 0. The molecule has 0 fully saturated rings. The van der Waals surface area contributed by atoms with Crippen molar-refractivity contribution in [3.63, 3.8) is 0 Å². The first-order chi connectivity index (χ1) is 16.1. The first-order valence-corrected chi connectivity index (χ1v) is 13.4. The molecule has 0 unspecified atom stereocenters. The van der Waals surface area contributed by atoms with Gasteiger partial charge in [-0.1, -0.05) is 25.1 Å². The fourth-order valence-electron chi connectivity index (χ4n) is 3.87. The van der Waals surface area contributed by atoms with Crippen LogP contribution in [-0.4, -0.2) is 49.5 Å². The molecule has 192 valence electrons. The fraction of sp³-hybridized carbons (Fsp3) is 0.462. The summed E-state index contributed by atoms with van der Waals surface area (Å²) in [5.41, 5.74) is 2.21. The SMILES string of the molecule is CC[C@@H](C(=O)NC(C)(C)C)N(Cc1ccc(F)cc1)C(=O)CN(c1cc(C)cc(C)c1)S(C)(=O)=O. The molecule has 0 aliphatic rings. The molecule has 0 saturated heterocycles. The summed E-state index contributed by atoms with van der Waals surface area (Å²) in [5, 5.41) is 2.91. The maximum atomic E-state index is 13.7. The third kappa shape index (κ3) is 8.35. The van der Waals surface area contributed by atoms with E-state index in [0.717, 1.165) is 21.7 Å². The lowest BCUT2D eigenvalue weighted by Crippen LogP contribution is -2.55. The van der Waals surface area contributed by atoms with Crippen molar-refractivity contribution in [2.45, 2.75) is 66.1 Å². The number of hydrogen-bond acceptors (Lipinski definition) is 4. The zero-order valence-electron chi connectivity index (χ0n) is 21.6. The molecular weight excluding hydrogens is 469 g/mol. The van der Waals surface area contributed by atoms with E-state index in [9.17, 15) is 22.4 Å². The van der Waals surface area contributed by atoms with Gasteiger partial charge in [-0.05, 0) is 82.0 Å². The molecule has 2 amide bonds. The minimum Gasteiger partial charge on any atom is -0.350 e. The van der Waals surface area contributed by atoms with E-state index in [2.05, 4.69) is 5.32 Å². The molecule has 2 aromatic carbocycles. The zero-order chi connectivity index (χ0) is 26.6. The van der Waals surface area contributed by atoms with Crippen LogP contribution < -0.4 is 9.62 Å². The average molecular weight is 506 g/mol. The van der Waals surface area contributed by atoms with Gasteiger partial charge < -0.3 is 10.2 Å². The summed E-state index contributed by atoms with van der Waals surface area (Å²) in [6, 6.07) is 10.1. The fourth-order valence-corrected chi connectivity index (χ4v) is 4.70. The molecular formula is C26H36FN3O4S. The molecule has 0 aromatic heterocycles. The van der Waals surface area contributed by atoms with E-state index >= 15 is 0 Å². The highest BCUT2D eigenvalue weighted by Gasteiger charge is 2.33. The highest BCUT2D eigenvalue weighted by molar-refractivity contribution is 7.92. The largest absolute Gasteiger partial charge is 0.350 e. The number of hydrogen-bond donors (Lipinski definition) is 1. The lowest BCUT2D eigenvalue weighted by atomic mass is 10.1. The molecule has 0 spiro atoms. The number of amides is 2. The molecule has 0 heterocycles. The van der Waals surface area contributed by atoms with E-state index in [1.165, 1.54) is 17.0 Å². The Kier molecular flexibility index (Phi) is 9.06. The van der Waals surface area contributed by atoms with Crippen LogP contribution in [0.3, 0.4) is 0 Å². The van der Waals surface area contributed by atoms with Gasteiger partial charge in [-0.25, -0.2) is 12.8 Å². The molecule has 0 aliphatic heterocycles. The van der Waals surface area contributed by atoms with Gasteiger partial charge in [0.25, 0.3) is 0 Å². The molecule has 0 aliphatic carbocycles. The quantitative estimate of drug-likeness (QED) is 0.560. The van der Waals surface area contributed by atoms with E-state index in [4.69, 9.17) is 0 Å². The maximum absolute atomic E-state index is 13.7. The Hall–Kier alpha value is -2.94. The van der Waals surface area contributed by atoms with E-state index in [0.29, 0.717) is 17.7 Å². The second-order valence-corrected chi connectivity index (χ2v) is 11.8. The number of nitrogens with one attached hydrogen (secondary N) is 1. The van der Waals surface area contributed by atoms with Crippen molar-refractivity contribution in [2.24, 2.45) is 0 Å². The summed E-state index contributed by atoms with van der Waals surface area (Å²) in [4.78, 5) is 28.1.